The van der Waals surface area contributed by atoms with Crippen LogP contribution in [0, 0.1) is 18.7 Å². The van der Waals surface area contributed by atoms with Gasteiger partial charge in [-0.05, 0) is 42.5 Å². The molecule has 0 bridgehead atoms. The molecule has 148 valence electrons. The third-order valence-corrected chi connectivity index (χ3v) is 5.47. The summed E-state index contributed by atoms with van der Waals surface area (Å²) in [5.74, 6) is -0.254. The molecule has 0 radical (unpaired) electrons. The molecule has 0 spiro atoms. The number of allylic oxidation sites excluding steroid dienone is 1. The van der Waals surface area contributed by atoms with E-state index in [0.29, 0.717) is 24.2 Å². The molecule has 6 heteroatoms. The molecule has 4 aromatic rings. The zero-order valence-corrected chi connectivity index (χ0v) is 16.4. The van der Waals surface area contributed by atoms with Crippen LogP contribution in [0.1, 0.15) is 33.9 Å². The summed E-state index contributed by atoms with van der Waals surface area (Å²) >= 11 is 0. The molecule has 0 saturated carbocycles. The maximum atomic E-state index is 13.4. The number of ketones is 1. The fourth-order valence-corrected chi connectivity index (χ4v) is 4.01. The van der Waals surface area contributed by atoms with E-state index >= 15 is 0 Å². The standard InChI is InChI=1S/C24H19FN4O/c1-15-22(18-9-11-19(25)12-10-18)24-27-26-23-20(29(24)28-15)13-17(14-21(23)30)8-7-16-5-3-2-4-6-16/h2-12,17H,13-14H2,1H3/b8-7+/t17-/m0/s1. The minimum Gasteiger partial charge on any atom is -0.292 e. The number of fused-ring (bicyclic) bond motifs is 3. The zero-order chi connectivity index (χ0) is 20.7. The van der Waals surface area contributed by atoms with Crippen LogP contribution < -0.4 is 0 Å². The molecule has 1 aliphatic carbocycles. The van der Waals surface area contributed by atoms with Crippen molar-refractivity contribution in [2.45, 2.75) is 19.8 Å². The summed E-state index contributed by atoms with van der Waals surface area (Å²) < 4.78 is 15.1. The highest BCUT2D eigenvalue weighted by atomic mass is 19.1. The number of carbonyl (C=O) groups excluding carboxylic acids is 1. The van der Waals surface area contributed by atoms with E-state index in [2.05, 4.69) is 21.4 Å². The van der Waals surface area contributed by atoms with Crippen molar-refractivity contribution >= 4 is 17.5 Å². The third kappa shape index (κ3) is 3.20. The van der Waals surface area contributed by atoms with Crippen LogP contribution >= 0.6 is 0 Å². The predicted octanol–water partition coefficient (Wildman–Crippen LogP) is 4.70. The summed E-state index contributed by atoms with van der Waals surface area (Å²) in [6, 6.07) is 16.3. The molecule has 1 aliphatic rings. The van der Waals surface area contributed by atoms with E-state index in [1.807, 2.05) is 43.3 Å². The molecule has 2 aromatic carbocycles. The first-order chi connectivity index (χ1) is 14.6. The number of aryl methyl sites for hydroxylation is 1. The van der Waals surface area contributed by atoms with E-state index in [1.54, 1.807) is 16.6 Å². The number of rotatable bonds is 3. The normalized spacial score (nSPS) is 16.3. The first-order valence-corrected chi connectivity index (χ1v) is 9.87. The van der Waals surface area contributed by atoms with Gasteiger partial charge in [0.1, 0.15) is 5.82 Å². The summed E-state index contributed by atoms with van der Waals surface area (Å²) in [6.07, 6.45) is 5.19. The van der Waals surface area contributed by atoms with Gasteiger partial charge in [0.25, 0.3) is 0 Å². The molecule has 2 heterocycles. The third-order valence-electron chi connectivity index (χ3n) is 5.47. The van der Waals surface area contributed by atoms with E-state index in [-0.39, 0.29) is 17.5 Å². The van der Waals surface area contributed by atoms with Crippen LogP contribution in [-0.4, -0.2) is 25.6 Å². The lowest BCUT2D eigenvalue weighted by Crippen LogP contribution is -2.24. The van der Waals surface area contributed by atoms with Crippen LogP contribution in [0.2, 0.25) is 0 Å². The Morgan fingerprint density at radius 3 is 2.57 bits per heavy atom. The van der Waals surface area contributed by atoms with Crippen LogP contribution in [0.25, 0.3) is 22.9 Å². The lowest BCUT2D eigenvalue weighted by molar-refractivity contribution is 0.0950. The van der Waals surface area contributed by atoms with Crippen molar-refractivity contribution in [3.63, 3.8) is 0 Å². The highest BCUT2D eigenvalue weighted by molar-refractivity contribution is 5.97. The molecule has 0 unspecified atom stereocenters. The maximum Gasteiger partial charge on any atom is 0.185 e. The van der Waals surface area contributed by atoms with Crippen LogP contribution in [0.15, 0.2) is 60.7 Å². The van der Waals surface area contributed by atoms with Gasteiger partial charge in [-0.15, -0.1) is 10.2 Å². The van der Waals surface area contributed by atoms with Gasteiger partial charge in [0.15, 0.2) is 17.1 Å². The van der Waals surface area contributed by atoms with Gasteiger partial charge < -0.3 is 0 Å². The van der Waals surface area contributed by atoms with Gasteiger partial charge in [-0.25, -0.2) is 8.91 Å². The number of carbonyl (C=O) groups is 1. The molecule has 2 aromatic heterocycles. The second kappa shape index (κ2) is 7.30. The number of aromatic nitrogens is 4. The van der Waals surface area contributed by atoms with Gasteiger partial charge in [-0.2, -0.15) is 5.10 Å². The van der Waals surface area contributed by atoms with Crippen molar-refractivity contribution in [1.29, 1.82) is 0 Å². The van der Waals surface area contributed by atoms with Crippen LogP contribution in [0.3, 0.4) is 0 Å². The highest BCUT2D eigenvalue weighted by Gasteiger charge is 2.29. The van der Waals surface area contributed by atoms with E-state index in [0.717, 1.165) is 28.1 Å². The molecule has 0 amide bonds. The van der Waals surface area contributed by atoms with Crippen LogP contribution in [0.4, 0.5) is 4.39 Å². The Morgan fingerprint density at radius 1 is 1.03 bits per heavy atom. The second-order valence-corrected chi connectivity index (χ2v) is 7.56. The number of halogens is 1. The quantitative estimate of drug-likeness (QED) is 0.502. The Bertz CT molecular complexity index is 1280. The smallest absolute Gasteiger partial charge is 0.185 e. The summed E-state index contributed by atoms with van der Waals surface area (Å²) in [5.41, 5.74) is 5.23. The number of nitrogens with zero attached hydrogens (tertiary/aromatic N) is 4. The highest BCUT2D eigenvalue weighted by Crippen LogP contribution is 2.31. The summed E-state index contributed by atoms with van der Waals surface area (Å²) in [6.45, 7) is 1.89. The molecule has 0 N–H and O–H groups in total. The molecule has 1 atom stereocenters. The number of hydrogen-bond acceptors (Lipinski definition) is 4. The first-order valence-electron chi connectivity index (χ1n) is 9.87. The minimum atomic E-state index is -0.296. The minimum absolute atomic E-state index is 0.0233. The number of Topliss-reactive ketones (excluding diaryl/α,β-unsaturated/α-hetero) is 1. The Kier molecular flexibility index (Phi) is 4.47. The monoisotopic (exact) mass is 398 g/mol. The topological polar surface area (TPSA) is 60.1 Å². The number of hydrogen-bond donors (Lipinski definition) is 0. The van der Waals surface area contributed by atoms with Crippen LogP contribution in [-0.2, 0) is 6.42 Å². The van der Waals surface area contributed by atoms with E-state index in [1.165, 1.54) is 12.1 Å². The second-order valence-electron chi connectivity index (χ2n) is 7.56. The van der Waals surface area contributed by atoms with E-state index < -0.39 is 0 Å². The summed E-state index contributed by atoms with van der Waals surface area (Å²) in [4.78, 5) is 12.7. The zero-order valence-electron chi connectivity index (χ0n) is 16.4. The van der Waals surface area contributed by atoms with Gasteiger partial charge >= 0.3 is 0 Å². The van der Waals surface area contributed by atoms with Gasteiger partial charge in [-0.1, -0.05) is 54.6 Å². The maximum absolute atomic E-state index is 13.4. The lowest BCUT2D eigenvalue weighted by atomic mass is 9.88. The van der Waals surface area contributed by atoms with Crippen molar-refractivity contribution in [1.82, 2.24) is 19.8 Å². The molecule has 0 aliphatic heterocycles. The lowest BCUT2D eigenvalue weighted by Gasteiger charge is -2.20. The number of benzene rings is 2. The fourth-order valence-electron chi connectivity index (χ4n) is 4.01. The molecule has 5 rings (SSSR count). The molecule has 5 nitrogen and oxygen atoms in total. The van der Waals surface area contributed by atoms with E-state index in [4.69, 9.17) is 0 Å². The molecule has 0 saturated heterocycles. The van der Waals surface area contributed by atoms with Gasteiger partial charge in [-0.3, -0.25) is 4.79 Å². The SMILES string of the molecule is Cc1nn2c3c(nnc2c1-c1ccc(F)cc1)C(=O)C[C@@H](/C=C/c1ccccc1)C3. The van der Waals surface area contributed by atoms with Gasteiger partial charge in [0.05, 0.1) is 17.0 Å². The fraction of sp³-hybridized carbons (Fsp3) is 0.167. The summed E-state index contributed by atoms with van der Waals surface area (Å²) in [7, 11) is 0. The largest absolute Gasteiger partial charge is 0.292 e. The van der Waals surface area contributed by atoms with Crippen molar-refractivity contribution in [2.75, 3.05) is 0 Å². The Morgan fingerprint density at radius 2 is 1.80 bits per heavy atom. The average molecular weight is 398 g/mol. The molecule has 30 heavy (non-hydrogen) atoms. The average Bonchev–Trinajstić information content (AvgIpc) is 3.10. The van der Waals surface area contributed by atoms with Crippen molar-refractivity contribution in [3.05, 3.63) is 89.1 Å². The Labute approximate surface area is 172 Å². The molecular formula is C24H19FN4O. The van der Waals surface area contributed by atoms with Gasteiger partial charge in [0.2, 0.25) is 0 Å². The van der Waals surface area contributed by atoms with E-state index in [9.17, 15) is 9.18 Å². The van der Waals surface area contributed by atoms with Crippen molar-refractivity contribution in [2.24, 2.45) is 5.92 Å². The van der Waals surface area contributed by atoms with Crippen molar-refractivity contribution < 1.29 is 9.18 Å². The van der Waals surface area contributed by atoms with Crippen LogP contribution in [0.5, 0.6) is 0 Å². The first kappa shape index (κ1) is 18.4. The summed E-state index contributed by atoms with van der Waals surface area (Å²) in [5, 5.41) is 13.2. The predicted molar refractivity (Wildman–Crippen MR) is 113 cm³/mol. The Hall–Kier alpha value is -3.67. The Balaban J connectivity index is 1.56. The molecule has 0 fully saturated rings. The van der Waals surface area contributed by atoms with Crippen molar-refractivity contribution in [3.8, 4) is 11.1 Å². The van der Waals surface area contributed by atoms with Gasteiger partial charge in [0, 0.05) is 6.42 Å². The molecular weight excluding hydrogens is 379 g/mol.